The van der Waals surface area contributed by atoms with Gasteiger partial charge in [-0.15, -0.1) is 0 Å². The van der Waals surface area contributed by atoms with Crippen molar-refractivity contribution in [1.29, 1.82) is 0 Å². The van der Waals surface area contributed by atoms with Crippen LogP contribution in [0.5, 0.6) is 0 Å². The number of hydrogen-bond donors (Lipinski definition) is 1. The van der Waals surface area contributed by atoms with Crippen molar-refractivity contribution in [3.05, 3.63) is 22.4 Å². The summed E-state index contributed by atoms with van der Waals surface area (Å²) in [5.74, 6) is 0. The lowest BCUT2D eigenvalue weighted by Crippen LogP contribution is -2.36. The van der Waals surface area contributed by atoms with E-state index in [2.05, 4.69) is 28.7 Å². The highest BCUT2D eigenvalue weighted by molar-refractivity contribution is 7.07. The van der Waals surface area contributed by atoms with Crippen molar-refractivity contribution < 1.29 is 0 Å². The zero-order chi connectivity index (χ0) is 9.26. The number of hydrogen-bond acceptors (Lipinski definition) is 3. The van der Waals surface area contributed by atoms with Crippen LogP contribution in [0.4, 0.5) is 0 Å². The van der Waals surface area contributed by atoms with Crippen molar-refractivity contribution in [2.75, 3.05) is 6.54 Å². The smallest absolute Gasteiger partial charge is 0.0245 e. The van der Waals surface area contributed by atoms with Crippen molar-refractivity contribution in [1.82, 2.24) is 4.90 Å². The summed E-state index contributed by atoms with van der Waals surface area (Å²) in [6.45, 7) is 4.45. The predicted octanol–water partition coefficient (Wildman–Crippen LogP) is 1.67. The largest absolute Gasteiger partial charge is 0.326 e. The molecule has 13 heavy (non-hydrogen) atoms. The molecule has 3 heteroatoms. The van der Waals surface area contributed by atoms with Gasteiger partial charge in [0.25, 0.3) is 0 Å². The summed E-state index contributed by atoms with van der Waals surface area (Å²) in [5, 5.41) is 4.35. The van der Waals surface area contributed by atoms with Gasteiger partial charge in [0.15, 0.2) is 0 Å². The highest BCUT2D eigenvalue weighted by Crippen LogP contribution is 2.19. The van der Waals surface area contributed by atoms with Gasteiger partial charge in [0.2, 0.25) is 0 Å². The molecule has 2 unspecified atom stereocenters. The Kier molecular flexibility index (Phi) is 2.67. The Morgan fingerprint density at radius 3 is 3.08 bits per heavy atom. The minimum atomic E-state index is 0.374. The van der Waals surface area contributed by atoms with Crippen LogP contribution in [0, 0.1) is 0 Å². The monoisotopic (exact) mass is 196 g/mol. The van der Waals surface area contributed by atoms with Gasteiger partial charge >= 0.3 is 0 Å². The molecule has 1 aliphatic rings. The molecule has 2 rings (SSSR count). The van der Waals surface area contributed by atoms with Gasteiger partial charge < -0.3 is 5.73 Å². The van der Waals surface area contributed by atoms with Gasteiger partial charge in [-0.2, -0.15) is 11.3 Å². The van der Waals surface area contributed by atoms with Crippen molar-refractivity contribution in [2.24, 2.45) is 5.73 Å². The number of nitrogens with two attached hydrogens (primary N) is 1. The van der Waals surface area contributed by atoms with Gasteiger partial charge in [-0.25, -0.2) is 0 Å². The van der Waals surface area contributed by atoms with E-state index >= 15 is 0 Å². The highest BCUT2D eigenvalue weighted by atomic mass is 32.1. The Labute approximate surface area is 83.4 Å². The molecule has 72 valence electrons. The molecule has 0 bridgehead atoms. The SMILES string of the molecule is CC1C(N)CCN1Cc1ccsc1. The fourth-order valence-electron chi connectivity index (χ4n) is 1.87. The third-order valence-corrected chi connectivity index (χ3v) is 3.64. The van der Waals surface area contributed by atoms with E-state index in [0.717, 1.165) is 19.5 Å². The summed E-state index contributed by atoms with van der Waals surface area (Å²) in [6, 6.07) is 3.11. The fourth-order valence-corrected chi connectivity index (χ4v) is 2.53. The molecule has 1 aromatic rings. The van der Waals surface area contributed by atoms with Crippen molar-refractivity contribution in [2.45, 2.75) is 32.0 Å². The van der Waals surface area contributed by atoms with E-state index in [-0.39, 0.29) is 0 Å². The van der Waals surface area contributed by atoms with Crippen molar-refractivity contribution in [3.63, 3.8) is 0 Å². The Morgan fingerprint density at radius 1 is 1.69 bits per heavy atom. The molecule has 0 aromatic carbocycles. The quantitative estimate of drug-likeness (QED) is 0.779. The highest BCUT2D eigenvalue weighted by Gasteiger charge is 2.27. The normalized spacial score (nSPS) is 29.7. The minimum absolute atomic E-state index is 0.374. The second-order valence-electron chi connectivity index (χ2n) is 3.80. The van der Waals surface area contributed by atoms with E-state index in [1.165, 1.54) is 5.56 Å². The first kappa shape index (κ1) is 9.19. The van der Waals surface area contributed by atoms with E-state index in [0.29, 0.717) is 12.1 Å². The van der Waals surface area contributed by atoms with Gasteiger partial charge in [-0.1, -0.05) is 0 Å². The lowest BCUT2D eigenvalue weighted by atomic mass is 10.1. The fraction of sp³-hybridized carbons (Fsp3) is 0.600. The standard InChI is InChI=1S/C10H16N2S/c1-8-10(11)2-4-12(8)6-9-3-5-13-7-9/h3,5,7-8,10H,2,4,6,11H2,1H3. The van der Waals surface area contributed by atoms with E-state index in [4.69, 9.17) is 5.73 Å². The summed E-state index contributed by atoms with van der Waals surface area (Å²) in [6.07, 6.45) is 1.14. The van der Waals surface area contributed by atoms with Crippen LogP contribution >= 0.6 is 11.3 Å². The number of thiophene rings is 1. The molecule has 0 spiro atoms. The second kappa shape index (κ2) is 3.78. The molecule has 2 atom stereocenters. The molecule has 0 aliphatic carbocycles. The third-order valence-electron chi connectivity index (χ3n) is 2.91. The molecular formula is C10H16N2S. The van der Waals surface area contributed by atoms with Crippen LogP contribution in [-0.2, 0) is 6.54 Å². The summed E-state index contributed by atoms with van der Waals surface area (Å²) in [4.78, 5) is 2.46. The molecule has 0 radical (unpaired) electrons. The molecule has 1 aliphatic heterocycles. The lowest BCUT2D eigenvalue weighted by molar-refractivity contribution is 0.252. The van der Waals surface area contributed by atoms with Crippen LogP contribution in [0.25, 0.3) is 0 Å². The Hall–Kier alpha value is -0.380. The van der Waals surface area contributed by atoms with E-state index in [9.17, 15) is 0 Å². The third kappa shape index (κ3) is 1.93. The molecule has 2 heterocycles. The van der Waals surface area contributed by atoms with Crippen LogP contribution < -0.4 is 5.73 Å². The zero-order valence-electron chi connectivity index (χ0n) is 7.94. The topological polar surface area (TPSA) is 29.3 Å². The van der Waals surface area contributed by atoms with E-state index in [1.54, 1.807) is 11.3 Å². The average molecular weight is 196 g/mol. The zero-order valence-corrected chi connectivity index (χ0v) is 8.76. The maximum Gasteiger partial charge on any atom is 0.0245 e. The average Bonchev–Trinajstić information content (AvgIpc) is 2.71. The molecular weight excluding hydrogens is 180 g/mol. The first-order chi connectivity index (χ1) is 6.27. The Bertz CT molecular complexity index is 258. The van der Waals surface area contributed by atoms with Gasteiger partial charge in [0.05, 0.1) is 0 Å². The maximum absolute atomic E-state index is 5.96. The summed E-state index contributed by atoms with van der Waals surface area (Å²) < 4.78 is 0. The van der Waals surface area contributed by atoms with Gasteiger partial charge in [-0.3, -0.25) is 4.90 Å². The first-order valence-corrected chi connectivity index (χ1v) is 5.72. The van der Waals surface area contributed by atoms with Crippen molar-refractivity contribution in [3.8, 4) is 0 Å². The molecule has 0 saturated carbocycles. The Morgan fingerprint density at radius 2 is 2.54 bits per heavy atom. The first-order valence-electron chi connectivity index (χ1n) is 4.78. The molecule has 1 aromatic heterocycles. The van der Waals surface area contributed by atoms with Crippen LogP contribution in [0.15, 0.2) is 16.8 Å². The summed E-state index contributed by atoms with van der Waals surface area (Å²) >= 11 is 1.77. The van der Waals surface area contributed by atoms with Gasteiger partial charge in [0.1, 0.15) is 0 Å². The predicted molar refractivity (Wildman–Crippen MR) is 56.8 cm³/mol. The van der Waals surface area contributed by atoms with Crippen LogP contribution in [-0.4, -0.2) is 23.5 Å². The summed E-state index contributed by atoms with van der Waals surface area (Å²) in [7, 11) is 0. The van der Waals surface area contributed by atoms with Crippen LogP contribution in [0.3, 0.4) is 0 Å². The van der Waals surface area contributed by atoms with Gasteiger partial charge in [-0.05, 0) is 35.7 Å². The minimum Gasteiger partial charge on any atom is -0.326 e. The van der Waals surface area contributed by atoms with Gasteiger partial charge in [0, 0.05) is 25.2 Å². The molecule has 0 amide bonds. The molecule has 1 saturated heterocycles. The van der Waals surface area contributed by atoms with E-state index in [1.807, 2.05) is 0 Å². The second-order valence-corrected chi connectivity index (χ2v) is 4.58. The van der Waals surface area contributed by atoms with Crippen molar-refractivity contribution >= 4 is 11.3 Å². The Balaban J connectivity index is 1.96. The molecule has 1 fully saturated rings. The number of nitrogens with zero attached hydrogens (tertiary/aromatic N) is 1. The van der Waals surface area contributed by atoms with Crippen LogP contribution in [0.1, 0.15) is 18.9 Å². The molecule has 2 N–H and O–H groups in total. The van der Waals surface area contributed by atoms with E-state index < -0.39 is 0 Å². The van der Waals surface area contributed by atoms with Crippen LogP contribution in [0.2, 0.25) is 0 Å². The number of rotatable bonds is 2. The molecule has 2 nitrogen and oxygen atoms in total. The number of likely N-dealkylation sites (tertiary alicyclic amines) is 1. The lowest BCUT2D eigenvalue weighted by Gasteiger charge is -2.22. The maximum atomic E-state index is 5.96. The summed E-state index contributed by atoms with van der Waals surface area (Å²) in [5.41, 5.74) is 7.38.